The minimum absolute atomic E-state index is 0.0111. The fraction of sp³-hybridized carbons (Fsp3) is 0.625. The molecule has 1 unspecified atom stereocenters. The molecule has 0 radical (unpaired) electrons. The highest BCUT2D eigenvalue weighted by atomic mass is 19.1. The lowest BCUT2D eigenvalue weighted by Crippen LogP contribution is -2.51. The zero-order valence-corrected chi connectivity index (χ0v) is 18.4. The number of esters is 1. The van der Waals surface area contributed by atoms with Crippen molar-refractivity contribution in [1.29, 1.82) is 0 Å². The van der Waals surface area contributed by atoms with Gasteiger partial charge in [0.15, 0.2) is 0 Å². The quantitative estimate of drug-likeness (QED) is 0.591. The van der Waals surface area contributed by atoms with E-state index in [1.165, 1.54) is 12.1 Å². The van der Waals surface area contributed by atoms with Crippen molar-refractivity contribution in [1.82, 2.24) is 9.80 Å². The number of ether oxygens (including phenoxy) is 1. The molecule has 6 nitrogen and oxygen atoms in total. The molecule has 0 N–H and O–H groups in total. The summed E-state index contributed by atoms with van der Waals surface area (Å²) in [6.45, 7) is 4.37. The van der Waals surface area contributed by atoms with E-state index in [2.05, 4.69) is 0 Å². The molecule has 1 aromatic rings. The van der Waals surface area contributed by atoms with Gasteiger partial charge >= 0.3 is 5.97 Å². The van der Waals surface area contributed by atoms with E-state index in [-0.39, 0.29) is 30.2 Å². The van der Waals surface area contributed by atoms with Gasteiger partial charge in [-0.05, 0) is 63.1 Å². The van der Waals surface area contributed by atoms with Crippen LogP contribution in [0.25, 0.3) is 0 Å². The number of halogens is 1. The van der Waals surface area contributed by atoms with Crippen molar-refractivity contribution in [3.8, 4) is 0 Å². The van der Waals surface area contributed by atoms with E-state index in [4.69, 9.17) is 4.74 Å². The number of rotatable bonds is 8. The van der Waals surface area contributed by atoms with Crippen LogP contribution in [-0.2, 0) is 25.5 Å². The molecule has 170 valence electrons. The van der Waals surface area contributed by atoms with Gasteiger partial charge in [-0.25, -0.2) is 4.39 Å². The molecule has 31 heavy (non-hydrogen) atoms. The average Bonchev–Trinajstić information content (AvgIpc) is 2.77. The van der Waals surface area contributed by atoms with Gasteiger partial charge in [0.2, 0.25) is 11.8 Å². The Bertz CT molecular complexity index is 782. The monoisotopic (exact) mass is 432 g/mol. The molecule has 0 aromatic heterocycles. The molecular formula is C24H33FN2O4. The van der Waals surface area contributed by atoms with Crippen molar-refractivity contribution in [3.05, 3.63) is 35.6 Å². The molecule has 2 saturated heterocycles. The van der Waals surface area contributed by atoms with Crippen molar-refractivity contribution in [2.75, 3.05) is 32.8 Å². The molecule has 2 amide bonds. The van der Waals surface area contributed by atoms with Crippen LogP contribution in [0.3, 0.4) is 0 Å². The first-order valence-electron chi connectivity index (χ1n) is 11.4. The molecule has 3 rings (SSSR count). The Kier molecular flexibility index (Phi) is 8.04. The van der Waals surface area contributed by atoms with Crippen molar-refractivity contribution >= 4 is 17.8 Å². The van der Waals surface area contributed by atoms with E-state index >= 15 is 0 Å². The Morgan fingerprint density at radius 2 is 1.90 bits per heavy atom. The minimum atomic E-state index is -0.815. The molecule has 0 aliphatic carbocycles. The lowest BCUT2D eigenvalue weighted by molar-refractivity contribution is -0.161. The second-order valence-corrected chi connectivity index (χ2v) is 8.66. The molecule has 2 aliphatic heterocycles. The Labute approximate surface area is 183 Å². The number of piperidine rings is 2. The predicted octanol–water partition coefficient (Wildman–Crippen LogP) is 3.33. The molecule has 2 fully saturated rings. The number of hydrogen-bond acceptors (Lipinski definition) is 4. The topological polar surface area (TPSA) is 66.9 Å². The van der Waals surface area contributed by atoms with Gasteiger partial charge in [0.1, 0.15) is 5.82 Å². The van der Waals surface area contributed by atoms with E-state index < -0.39 is 5.41 Å². The first-order valence-corrected chi connectivity index (χ1v) is 11.4. The summed E-state index contributed by atoms with van der Waals surface area (Å²) in [6, 6.07) is 6.16. The SMILES string of the molecule is CCOC(=O)C1(Cc2ccc(F)cc2)CCCN(C(=O)CCCN2CCCCC2=O)C1. The summed E-state index contributed by atoms with van der Waals surface area (Å²) >= 11 is 0. The zero-order valence-electron chi connectivity index (χ0n) is 18.4. The number of amides is 2. The molecule has 0 spiro atoms. The summed E-state index contributed by atoms with van der Waals surface area (Å²) in [7, 11) is 0. The summed E-state index contributed by atoms with van der Waals surface area (Å²) in [5, 5.41) is 0. The fourth-order valence-electron chi connectivity index (χ4n) is 4.68. The van der Waals surface area contributed by atoms with Gasteiger partial charge in [-0.3, -0.25) is 14.4 Å². The van der Waals surface area contributed by atoms with Crippen molar-refractivity contribution in [2.24, 2.45) is 5.41 Å². The van der Waals surface area contributed by atoms with E-state index in [0.717, 1.165) is 31.4 Å². The molecule has 2 aliphatic rings. The maximum atomic E-state index is 13.3. The molecular weight excluding hydrogens is 399 g/mol. The predicted molar refractivity (Wildman–Crippen MR) is 115 cm³/mol. The summed E-state index contributed by atoms with van der Waals surface area (Å²) in [4.78, 5) is 41.4. The summed E-state index contributed by atoms with van der Waals surface area (Å²) in [5.74, 6) is -0.424. The van der Waals surface area contributed by atoms with Crippen LogP contribution in [0.15, 0.2) is 24.3 Å². The van der Waals surface area contributed by atoms with Gasteiger partial charge in [-0.1, -0.05) is 12.1 Å². The lowest BCUT2D eigenvalue weighted by atomic mass is 9.75. The van der Waals surface area contributed by atoms with Crippen LogP contribution in [0.2, 0.25) is 0 Å². The summed E-state index contributed by atoms with van der Waals surface area (Å²) in [6.07, 6.45) is 5.34. The highest BCUT2D eigenvalue weighted by Gasteiger charge is 2.44. The average molecular weight is 433 g/mol. The number of carbonyl (C=O) groups excluding carboxylic acids is 3. The Hall–Kier alpha value is -2.44. The first-order chi connectivity index (χ1) is 14.9. The summed E-state index contributed by atoms with van der Waals surface area (Å²) in [5.41, 5.74) is 0.0391. The first kappa shape index (κ1) is 23.2. The van der Waals surface area contributed by atoms with Crippen LogP contribution in [0.4, 0.5) is 4.39 Å². The second kappa shape index (κ2) is 10.7. The number of likely N-dealkylation sites (tertiary alicyclic amines) is 2. The maximum absolute atomic E-state index is 13.3. The van der Waals surface area contributed by atoms with Crippen LogP contribution in [-0.4, -0.2) is 60.4 Å². The molecule has 1 atom stereocenters. The van der Waals surface area contributed by atoms with E-state index in [9.17, 15) is 18.8 Å². The van der Waals surface area contributed by atoms with Crippen molar-refractivity contribution < 1.29 is 23.5 Å². The Balaban J connectivity index is 1.63. The third kappa shape index (κ3) is 6.05. The normalized spacial score (nSPS) is 21.8. The van der Waals surface area contributed by atoms with Crippen LogP contribution in [0.1, 0.15) is 57.4 Å². The summed E-state index contributed by atoms with van der Waals surface area (Å²) < 4.78 is 18.7. The molecule has 0 saturated carbocycles. The number of nitrogens with zero attached hydrogens (tertiary/aromatic N) is 2. The van der Waals surface area contributed by atoms with E-state index in [1.807, 2.05) is 4.90 Å². The Morgan fingerprint density at radius 1 is 1.13 bits per heavy atom. The smallest absolute Gasteiger partial charge is 0.314 e. The Morgan fingerprint density at radius 3 is 2.61 bits per heavy atom. The number of hydrogen-bond donors (Lipinski definition) is 0. The van der Waals surface area contributed by atoms with Crippen LogP contribution in [0, 0.1) is 11.2 Å². The lowest BCUT2D eigenvalue weighted by Gasteiger charge is -2.41. The zero-order chi connectivity index (χ0) is 22.3. The highest BCUT2D eigenvalue weighted by Crippen LogP contribution is 2.36. The van der Waals surface area contributed by atoms with Gasteiger partial charge in [-0.15, -0.1) is 0 Å². The largest absolute Gasteiger partial charge is 0.466 e. The second-order valence-electron chi connectivity index (χ2n) is 8.66. The van der Waals surface area contributed by atoms with Gasteiger partial charge in [0, 0.05) is 39.0 Å². The van der Waals surface area contributed by atoms with Crippen molar-refractivity contribution in [2.45, 2.75) is 58.3 Å². The highest BCUT2D eigenvalue weighted by molar-refractivity contribution is 5.81. The van der Waals surface area contributed by atoms with Crippen molar-refractivity contribution in [3.63, 3.8) is 0 Å². The van der Waals surface area contributed by atoms with Gasteiger partial charge in [-0.2, -0.15) is 0 Å². The molecule has 0 bridgehead atoms. The van der Waals surface area contributed by atoms with E-state index in [0.29, 0.717) is 51.7 Å². The van der Waals surface area contributed by atoms with E-state index in [1.54, 1.807) is 24.0 Å². The van der Waals surface area contributed by atoms with Crippen LogP contribution >= 0.6 is 0 Å². The van der Waals surface area contributed by atoms with Gasteiger partial charge in [0.25, 0.3) is 0 Å². The van der Waals surface area contributed by atoms with Crippen LogP contribution < -0.4 is 0 Å². The third-order valence-corrected chi connectivity index (χ3v) is 6.33. The molecule has 2 heterocycles. The van der Waals surface area contributed by atoms with Gasteiger partial charge < -0.3 is 14.5 Å². The van der Waals surface area contributed by atoms with Crippen LogP contribution in [0.5, 0.6) is 0 Å². The number of benzene rings is 1. The maximum Gasteiger partial charge on any atom is 0.314 e. The third-order valence-electron chi connectivity index (χ3n) is 6.33. The number of carbonyl (C=O) groups is 3. The minimum Gasteiger partial charge on any atom is -0.466 e. The fourth-order valence-corrected chi connectivity index (χ4v) is 4.68. The molecule has 7 heteroatoms. The van der Waals surface area contributed by atoms with Gasteiger partial charge in [0.05, 0.1) is 12.0 Å². The molecule has 1 aromatic carbocycles. The standard InChI is InChI=1S/C24H33FN2O4/c1-2-31-23(30)24(17-19-9-11-20(25)12-10-19)13-6-16-27(18-24)22(29)8-5-15-26-14-4-3-7-21(26)28/h9-12H,2-8,13-18H2,1H3.